The molecule has 0 aliphatic carbocycles. The zero-order chi connectivity index (χ0) is 19.3. The molecule has 6 nitrogen and oxygen atoms in total. The highest BCUT2D eigenvalue weighted by atomic mass is 16.5. The number of amides is 2. The van der Waals surface area contributed by atoms with E-state index in [0.717, 1.165) is 59.9 Å². The van der Waals surface area contributed by atoms with Gasteiger partial charge in [0.25, 0.3) is 0 Å². The van der Waals surface area contributed by atoms with Gasteiger partial charge in [-0.2, -0.15) is 5.10 Å². The van der Waals surface area contributed by atoms with Crippen LogP contribution in [-0.2, 0) is 4.74 Å². The van der Waals surface area contributed by atoms with Crippen LogP contribution in [0.25, 0.3) is 11.3 Å². The molecule has 144 valence electrons. The molecular weight excluding hydrogens is 352 g/mol. The molecule has 0 unspecified atom stereocenters. The summed E-state index contributed by atoms with van der Waals surface area (Å²) in [5.74, 6) is 0.285. The first-order valence-corrected chi connectivity index (χ1v) is 9.57. The van der Waals surface area contributed by atoms with E-state index in [9.17, 15) is 4.79 Å². The van der Waals surface area contributed by atoms with Crippen molar-refractivity contribution in [1.29, 1.82) is 0 Å². The molecule has 1 aromatic heterocycles. The average molecular weight is 376 g/mol. The van der Waals surface area contributed by atoms with Crippen LogP contribution in [0.5, 0.6) is 0 Å². The van der Waals surface area contributed by atoms with Crippen LogP contribution in [0.15, 0.2) is 54.6 Å². The second-order valence-electron chi connectivity index (χ2n) is 7.01. The Morgan fingerprint density at radius 1 is 1.04 bits per heavy atom. The normalized spacial score (nSPS) is 14.6. The molecular formula is C22H24N4O2. The second kappa shape index (κ2) is 8.27. The minimum atomic E-state index is -0.277. The zero-order valence-electron chi connectivity index (χ0n) is 15.9. The van der Waals surface area contributed by atoms with Crippen molar-refractivity contribution in [1.82, 2.24) is 10.2 Å². The fourth-order valence-corrected chi connectivity index (χ4v) is 3.55. The molecule has 2 aromatic carbocycles. The number of hydrogen-bond donors (Lipinski definition) is 3. The number of carbonyl (C=O) groups is 1. The van der Waals surface area contributed by atoms with E-state index >= 15 is 0 Å². The third kappa shape index (κ3) is 3.92. The van der Waals surface area contributed by atoms with Crippen molar-refractivity contribution in [3.63, 3.8) is 0 Å². The largest absolute Gasteiger partial charge is 0.381 e. The number of H-pyrrole nitrogens is 1. The highest BCUT2D eigenvalue weighted by molar-refractivity contribution is 6.02. The van der Waals surface area contributed by atoms with Crippen molar-refractivity contribution in [3.05, 3.63) is 65.9 Å². The fraction of sp³-hybridized carbons (Fsp3) is 0.273. The van der Waals surface area contributed by atoms with Crippen molar-refractivity contribution in [2.24, 2.45) is 0 Å². The molecule has 0 radical (unpaired) electrons. The lowest BCUT2D eigenvalue weighted by atomic mass is 9.94. The van der Waals surface area contributed by atoms with Crippen molar-refractivity contribution in [2.75, 3.05) is 23.8 Å². The number of hydrogen-bond acceptors (Lipinski definition) is 3. The topological polar surface area (TPSA) is 79.0 Å². The molecule has 0 bridgehead atoms. The van der Waals surface area contributed by atoms with Gasteiger partial charge in [0.15, 0.2) is 0 Å². The summed E-state index contributed by atoms with van der Waals surface area (Å²) < 4.78 is 5.49. The Morgan fingerprint density at radius 3 is 2.50 bits per heavy atom. The van der Waals surface area contributed by atoms with Crippen molar-refractivity contribution in [2.45, 2.75) is 25.7 Å². The Labute approximate surface area is 164 Å². The second-order valence-corrected chi connectivity index (χ2v) is 7.01. The van der Waals surface area contributed by atoms with Crippen LogP contribution in [0.3, 0.4) is 0 Å². The van der Waals surface area contributed by atoms with Crippen molar-refractivity contribution in [3.8, 4) is 11.3 Å². The number of rotatable bonds is 4. The molecule has 0 spiro atoms. The van der Waals surface area contributed by atoms with E-state index in [-0.39, 0.29) is 11.9 Å². The monoisotopic (exact) mass is 376 g/mol. The third-order valence-corrected chi connectivity index (χ3v) is 5.10. The average Bonchev–Trinajstić information content (AvgIpc) is 3.14. The summed E-state index contributed by atoms with van der Waals surface area (Å²) in [5.41, 5.74) is 5.21. The van der Waals surface area contributed by atoms with Gasteiger partial charge in [0.1, 0.15) is 5.69 Å². The van der Waals surface area contributed by atoms with E-state index in [2.05, 4.69) is 20.8 Å². The Balaban J connectivity index is 1.64. The Hall–Kier alpha value is -3.12. The van der Waals surface area contributed by atoms with Crippen LogP contribution in [0.2, 0.25) is 0 Å². The number of carbonyl (C=O) groups excluding carboxylic acids is 1. The summed E-state index contributed by atoms with van der Waals surface area (Å²) in [6.45, 7) is 3.41. The Bertz CT molecular complexity index is 946. The summed E-state index contributed by atoms with van der Waals surface area (Å²) in [6.07, 6.45) is 1.81. The van der Waals surface area contributed by atoms with E-state index in [1.165, 1.54) is 0 Å². The molecule has 2 heterocycles. The maximum absolute atomic E-state index is 12.8. The minimum Gasteiger partial charge on any atom is -0.381 e. The SMILES string of the molecule is Cc1ccccc1NC(=O)Nc1c(-c2ccccc2)n[nH]c1C1CCOCC1. The van der Waals surface area contributed by atoms with E-state index in [1.54, 1.807) is 0 Å². The summed E-state index contributed by atoms with van der Waals surface area (Å²) in [6, 6.07) is 17.3. The first-order valence-electron chi connectivity index (χ1n) is 9.57. The standard InChI is InChI=1S/C22H24N4O2/c1-15-7-5-6-10-18(15)23-22(27)24-21-19(16-8-3-2-4-9-16)25-26-20(21)17-11-13-28-14-12-17/h2-10,17H,11-14H2,1H3,(H,25,26)(H2,23,24,27). The van der Waals surface area contributed by atoms with Crippen LogP contribution in [-0.4, -0.2) is 29.4 Å². The molecule has 2 amide bonds. The van der Waals surface area contributed by atoms with E-state index in [1.807, 2.05) is 61.5 Å². The summed E-state index contributed by atoms with van der Waals surface area (Å²) in [5, 5.41) is 13.7. The van der Waals surface area contributed by atoms with Gasteiger partial charge in [-0.05, 0) is 31.4 Å². The predicted octanol–water partition coefficient (Wildman–Crippen LogP) is 4.92. The number of anilines is 2. The van der Waals surface area contributed by atoms with Crippen LogP contribution in [0.1, 0.15) is 30.0 Å². The highest BCUT2D eigenvalue weighted by Gasteiger charge is 2.25. The quantitative estimate of drug-likeness (QED) is 0.604. The third-order valence-electron chi connectivity index (χ3n) is 5.10. The number of aromatic nitrogens is 2. The first-order chi connectivity index (χ1) is 13.7. The van der Waals surface area contributed by atoms with E-state index in [4.69, 9.17) is 4.74 Å². The molecule has 0 saturated carbocycles. The van der Waals surface area contributed by atoms with Gasteiger partial charge < -0.3 is 15.4 Å². The smallest absolute Gasteiger partial charge is 0.323 e. The molecule has 6 heteroatoms. The summed E-state index contributed by atoms with van der Waals surface area (Å²) in [4.78, 5) is 12.8. The summed E-state index contributed by atoms with van der Waals surface area (Å²) in [7, 11) is 0. The predicted molar refractivity (Wildman–Crippen MR) is 111 cm³/mol. The lowest BCUT2D eigenvalue weighted by molar-refractivity contribution is 0.0846. The maximum Gasteiger partial charge on any atom is 0.323 e. The van der Waals surface area contributed by atoms with Crippen LogP contribution < -0.4 is 10.6 Å². The number of aromatic amines is 1. The van der Waals surface area contributed by atoms with Crippen LogP contribution in [0.4, 0.5) is 16.2 Å². The van der Waals surface area contributed by atoms with Gasteiger partial charge in [-0.1, -0.05) is 48.5 Å². The summed E-state index contributed by atoms with van der Waals surface area (Å²) >= 11 is 0. The van der Waals surface area contributed by atoms with E-state index < -0.39 is 0 Å². The number of nitrogens with zero attached hydrogens (tertiary/aromatic N) is 1. The molecule has 1 fully saturated rings. The number of ether oxygens (including phenoxy) is 1. The van der Waals surface area contributed by atoms with Crippen molar-refractivity contribution < 1.29 is 9.53 Å². The molecule has 0 atom stereocenters. The van der Waals surface area contributed by atoms with Gasteiger partial charge in [0, 0.05) is 30.4 Å². The Kier molecular flexibility index (Phi) is 5.39. The van der Waals surface area contributed by atoms with Crippen LogP contribution in [0, 0.1) is 6.92 Å². The molecule has 28 heavy (non-hydrogen) atoms. The molecule has 3 N–H and O–H groups in total. The van der Waals surface area contributed by atoms with Gasteiger partial charge in [0.05, 0.1) is 11.4 Å². The number of aryl methyl sites for hydroxylation is 1. The highest BCUT2D eigenvalue weighted by Crippen LogP contribution is 2.36. The van der Waals surface area contributed by atoms with Crippen molar-refractivity contribution >= 4 is 17.4 Å². The number of benzene rings is 2. The molecule has 1 aliphatic rings. The molecule has 3 aromatic rings. The minimum absolute atomic E-state index is 0.277. The van der Waals surface area contributed by atoms with Gasteiger partial charge in [-0.3, -0.25) is 5.10 Å². The lowest BCUT2D eigenvalue weighted by Gasteiger charge is -2.22. The fourth-order valence-electron chi connectivity index (χ4n) is 3.55. The van der Waals surface area contributed by atoms with Crippen LogP contribution >= 0.6 is 0 Å². The molecule has 1 saturated heterocycles. The van der Waals surface area contributed by atoms with Gasteiger partial charge >= 0.3 is 6.03 Å². The molecule has 1 aliphatic heterocycles. The van der Waals surface area contributed by atoms with E-state index in [0.29, 0.717) is 0 Å². The van der Waals surface area contributed by atoms with Gasteiger partial charge in [0.2, 0.25) is 0 Å². The first kappa shape index (κ1) is 18.3. The zero-order valence-corrected chi connectivity index (χ0v) is 15.9. The lowest BCUT2D eigenvalue weighted by Crippen LogP contribution is -2.22. The Morgan fingerprint density at radius 2 is 1.75 bits per heavy atom. The molecule has 4 rings (SSSR count). The van der Waals surface area contributed by atoms with Gasteiger partial charge in [-0.25, -0.2) is 4.79 Å². The number of para-hydroxylation sites is 1. The number of nitrogens with one attached hydrogen (secondary N) is 3. The number of urea groups is 1. The van der Waals surface area contributed by atoms with Gasteiger partial charge in [-0.15, -0.1) is 0 Å². The maximum atomic E-state index is 12.8.